The van der Waals surface area contributed by atoms with Gasteiger partial charge in [-0.05, 0) is 36.9 Å². The standard InChI is InChI=1S/C14H27N3S/c1-14(7-3-4-8-14)11-16-13(15-2)17-12-6-5-9-18-10-12/h12H,3-11H2,1-2H3,(H2,15,16,17). The average Bonchev–Trinajstić information content (AvgIpc) is 2.83. The number of guanidine groups is 1. The van der Waals surface area contributed by atoms with Gasteiger partial charge in [-0.3, -0.25) is 4.99 Å². The van der Waals surface area contributed by atoms with Crippen molar-refractivity contribution in [2.24, 2.45) is 10.4 Å². The molecule has 1 aliphatic heterocycles. The number of hydrogen-bond acceptors (Lipinski definition) is 2. The van der Waals surface area contributed by atoms with Crippen molar-refractivity contribution in [2.45, 2.75) is 51.5 Å². The maximum absolute atomic E-state index is 4.36. The van der Waals surface area contributed by atoms with Gasteiger partial charge in [-0.15, -0.1) is 0 Å². The van der Waals surface area contributed by atoms with E-state index in [2.05, 4.69) is 34.3 Å². The minimum absolute atomic E-state index is 0.485. The number of nitrogens with zero attached hydrogens (tertiary/aromatic N) is 1. The van der Waals surface area contributed by atoms with Crippen molar-refractivity contribution < 1.29 is 0 Å². The first kappa shape index (κ1) is 14.0. The van der Waals surface area contributed by atoms with Crippen LogP contribution in [0.2, 0.25) is 0 Å². The minimum atomic E-state index is 0.485. The molecule has 4 heteroatoms. The van der Waals surface area contributed by atoms with Crippen LogP contribution in [0.1, 0.15) is 45.4 Å². The van der Waals surface area contributed by atoms with Crippen LogP contribution < -0.4 is 10.6 Å². The molecule has 1 unspecified atom stereocenters. The molecule has 0 aromatic carbocycles. The predicted octanol–water partition coefficient (Wildman–Crippen LogP) is 2.63. The topological polar surface area (TPSA) is 36.4 Å². The maximum atomic E-state index is 4.36. The Kier molecular flexibility index (Phi) is 5.22. The molecule has 0 radical (unpaired) electrons. The van der Waals surface area contributed by atoms with E-state index in [9.17, 15) is 0 Å². The molecule has 2 N–H and O–H groups in total. The molecule has 1 atom stereocenters. The van der Waals surface area contributed by atoms with E-state index >= 15 is 0 Å². The molecular weight excluding hydrogens is 242 g/mol. The van der Waals surface area contributed by atoms with Gasteiger partial charge in [-0.25, -0.2) is 0 Å². The van der Waals surface area contributed by atoms with Crippen LogP contribution in [0, 0.1) is 5.41 Å². The van der Waals surface area contributed by atoms with Crippen molar-refractivity contribution in [2.75, 3.05) is 25.1 Å². The molecule has 0 aromatic rings. The number of thioether (sulfide) groups is 1. The van der Waals surface area contributed by atoms with Crippen molar-refractivity contribution in [1.29, 1.82) is 0 Å². The largest absolute Gasteiger partial charge is 0.356 e. The van der Waals surface area contributed by atoms with Crippen molar-refractivity contribution in [3.05, 3.63) is 0 Å². The second kappa shape index (κ2) is 6.69. The lowest BCUT2D eigenvalue weighted by Gasteiger charge is -2.28. The van der Waals surface area contributed by atoms with Crippen LogP contribution in [0.25, 0.3) is 0 Å². The van der Waals surface area contributed by atoms with Crippen molar-refractivity contribution >= 4 is 17.7 Å². The second-order valence-corrected chi connectivity index (χ2v) is 7.15. The lowest BCUT2D eigenvalue weighted by atomic mass is 9.89. The highest BCUT2D eigenvalue weighted by molar-refractivity contribution is 7.99. The fourth-order valence-electron chi connectivity index (χ4n) is 2.94. The lowest BCUT2D eigenvalue weighted by molar-refractivity contribution is 0.333. The number of nitrogens with one attached hydrogen (secondary N) is 2. The first-order valence-corrected chi connectivity index (χ1v) is 8.42. The molecule has 2 fully saturated rings. The van der Waals surface area contributed by atoms with Crippen LogP contribution in [-0.2, 0) is 0 Å². The second-order valence-electron chi connectivity index (χ2n) is 6.00. The van der Waals surface area contributed by atoms with Crippen molar-refractivity contribution in [3.63, 3.8) is 0 Å². The van der Waals surface area contributed by atoms with Gasteiger partial charge in [-0.2, -0.15) is 11.8 Å². The third-order valence-corrected chi connectivity index (χ3v) is 5.43. The van der Waals surface area contributed by atoms with Crippen LogP contribution in [0.3, 0.4) is 0 Å². The van der Waals surface area contributed by atoms with Crippen LogP contribution >= 0.6 is 11.8 Å². The van der Waals surface area contributed by atoms with Gasteiger partial charge >= 0.3 is 0 Å². The summed E-state index contributed by atoms with van der Waals surface area (Å²) in [4.78, 5) is 4.36. The normalized spacial score (nSPS) is 28.1. The molecule has 0 aromatic heterocycles. The molecule has 104 valence electrons. The summed E-state index contributed by atoms with van der Waals surface area (Å²) < 4.78 is 0. The van der Waals surface area contributed by atoms with E-state index in [-0.39, 0.29) is 0 Å². The van der Waals surface area contributed by atoms with Gasteiger partial charge in [0.1, 0.15) is 0 Å². The number of aliphatic imine (C=N–C) groups is 1. The van der Waals surface area contributed by atoms with Crippen LogP contribution in [0.15, 0.2) is 4.99 Å². The molecule has 1 saturated carbocycles. The fraction of sp³-hybridized carbons (Fsp3) is 0.929. The number of rotatable bonds is 3. The van der Waals surface area contributed by atoms with Crippen molar-refractivity contribution in [3.8, 4) is 0 Å². The summed E-state index contributed by atoms with van der Waals surface area (Å²) in [6.45, 7) is 3.46. The predicted molar refractivity (Wildman–Crippen MR) is 81.4 cm³/mol. The zero-order valence-electron chi connectivity index (χ0n) is 11.8. The molecule has 0 amide bonds. The van der Waals surface area contributed by atoms with Crippen molar-refractivity contribution in [1.82, 2.24) is 10.6 Å². The maximum Gasteiger partial charge on any atom is 0.191 e. The Morgan fingerprint density at radius 3 is 2.72 bits per heavy atom. The molecule has 18 heavy (non-hydrogen) atoms. The monoisotopic (exact) mass is 269 g/mol. The average molecular weight is 269 g/mol. The van der Waals surface area contributed by atoms with E-state index in [1.165, 1.54) is 50.0 Å². The molecule has 1 saturated heterocycles. The van der Waals surface area contributed by atoms with E-state index < -0.39 is 0 Å². The van der Waals surface area contributed by atoms with E-state index in [0.29, 0.717) is 11.5 Å². The van der Waals surface area contributed by atoms with Gasteiger partial charge in [0.2, 0.25) is 0 Å². The lowest BCUT2D eigenvalue weighted by Crippen LogP contribution is -2.47. The van der Waals surface area contributed by atoms with Gasteiger partial charge in [0.25, 0.3) is 0 Å². The Labute approximate surface area is 116 Å². The van der Waals surface area contributed by atoms with Gasteiger partial charge in [0, 0.05) is 25.4 Å². The van der Waals surface area contributed by atoms with Gasteiger partial charge in [0.15, 0.2) is 5.96 Å². The minimum Gasteiger partial charge on any atom is -0.356 e. The zero-order chi connectivity index (χ0) is 12.8. The van der Waals surface area contributed by atoms with Crippen LogP contribution in [0.5, 0.6) is 0 Å². The van der Waals surface area contributed by atoms with Gasteiger partial charge < -0.3 is 10.6 Å². The summed E-state index contributed by atoms with van der Waals surface area (Å²) >= 11 is 2.05. The third kappa shape index (κ3) is 4.08. The number of hydrogen-bond donors (Lipinski definition) is 2. The smallest absolute Gasteiger partial charge is 0.191 e. The summed E-state index contributed by atoms with van der Waals surface area (Å²) in [6, 6.07) is 0.603. The summed E-state index contributed by atoms with van der Waals surface area (Å²) in [5.41, 5.74) is 0.485. The van der Waals surface area contributed by atoms with Crippen LogP contribution in [-0.4, -0.2) is 37.1 Å². The highest BCUT2D eigenvalue weighted by Crippen LogP contribution is 2.36. The van der Waals surface area contributed by atoms with Gasteiger partial charge in [0.05, 0.1) is 0 Å². The van der Waals surface area contributed by atoms with Crippen LogP contribution in [0.4, 0.5) is 0 Å². The Bertz CT molecular complexity index is 279. The molecule has 0 bridgehead atoms. The molecule has 0 spiro atoms. The Balaban J connectivity index is 1.75. The highest BCUT2D eigenvalue weighted by atomic mass is 32.2. The molecule has 1 heterocycles. The van der Waals surface area contributed by atoms with E-state index in [1.54, 1.807) is 0 Å². The quantitative estimate of drug-likeness (QED) is 0.611. The molecular formula is C14H27N3S. The molecule has 1 aliphatic carbocycles. The zero-order valence-corrected chi connectivity index (χ0v) is 12.6. The first-order chi connectivity index (χ1) is 8.72. The summed E-state index contributed by atoms with van der Waals surface area (Å²) in [7, 11) is 1.88. The molecule has 2 rings (SSSR count). The highest BCUT2D eigenvalue weighted by Gasteiger charge is 2.28. The fourth-order valence-corrected chi connectivity index (χ4v) is 4.02. The first-order valence-electron chi connectivity index (χ1n) is 7.27. The van der Waals surface area contributed by atoms with E-state index in [0.717, 1.165) is 12.5 Å². The Hall–Kier alpha value is -0.380. The molecule has 3 nitrogen and oxygen atoms in total. The SMILES string of the molecule is CN=C(NCC1(C)CCCC1)NC1CCCSC1. The van der Waals surface area contributed by atoms with E-state index in [1.807, 2.05) is 7.05 Å². The molecule has 2 aliphatic rings. The Morgan fingerprint density at radius 1 is 1.33 bits per heavy atom. The summed E-state index contributed by atoms with van der Waals surface area (Å²) in [6.07, 6.45) is 8.11. The summed E-state index contributed by atoms with van der Waals surface area (Å²) in [5.74, 6) is 3.54. The Morgan fingerprint density at radius 2 is 2.11 bits per heavy atom. The van der Waals surface area contributed by atoms with Gasteiger partial charge in [-0.1, -0.05) is 19.8 Å². The third-order valence-electron chi connectivity index (χ3n) is 4.22. The van der Waals surface area contributed by atoms with E-state index in [4.69, 9.17) is 0 Å². The summed E-state index contributed by atoms with van der Waals surface area (Å²) in [5, 5.41) is 7.09.